The Morgan fingerprint density at radius 1 is 1.37 bits per heavy atom. The van der Waals surface area contributed by atoms with Crippen molar-refractivity contribution in [2.45, 2.75) is 33.6 Å². The van der Waals surface area contributed by atoms with Crippen molar-refractivity contribution in [3.8, 4) is 0 Å². The number of aliphatic hydroxyl groups excluding tert-OH is 1. The minimum absolute atomic E-state index is 0.0512. The molecule has 0 aromatic carbocycles. The number of hydrogen-bond donors (Lipinski definition) is 2. The van der Waals surface area contributed by atoms with Gasteiger partial charge in [0.15, 0.2) is 0 Å². The summed E-state index contributed by atoms with van der Waals surface area (Å²) in [5, 5.41) is 13.6. The Morgan fingerprint density at radius 2 is 2.16 bits per heavy atom. The van der Waals surface area contributed by atoms with Gasteiger partial charge in [-0.05, 0) is 24.3 Å². The second-order valence-electron chi connectivity index (χ2n) is 5.50. The molecule has 0 aliphatic rings. The predicted molar refractivity (Wildman–Crippen MR) is 80.8 cm³/mol. The Balaban J connectivity index is 2.18. The van der Waals surface area contributed by atoms with Crippen LogP contribution in [0.1, 0.15) is 32.1 Å². The third-order valence-corrected chi connectivity index (χ3v) is 4.44. The van der Waals surface area contributed by atoms with Crippen LogP contribution < -0.4 is 5.32 Å². The lowest BCUT2D eigenvalue weighted by Crippen LogP contribution is -2.24. The molecule has 0 radical (unpaired) electrons. The summed E-state index contributed by atoms with van der Waals surface area (Å²) in [7, 11) is 0. The highest BCUT2D eigenvalue weighted by Crippen LogP contribution is 2.29. The Hall–Kier alpha value is -1.20. The van der Waals surface area contributed by atoms with Crippen molar-refractivity contribution in [1.29, 1.82) is 0 Å². The summed E-state index contributed by atoms with van der Waals surface area (Å²) < 4.78 is 0. The third kappa shape index (κ3) is 3.42. The second-order valence-corrected chi connectivity index (χ2v) is 6.61. The number of nitrogens with zero attached hydrogens (tertiary/aromatic N) is 2. The van der Waals surface area contributed by atoms with Crippen LogP contribution in [0.5, 0.6) is 0 Å². The zero-order chi connectivity index (χ0) is 13.9. The highest BCUT2D eigenvalue weighted by atomic mass is 32.1. The van der Waals surface area contributed by atoms with Gasteiger partial charge in [0.05, 0.1) is 5.39 Å². The molecule has 0 saturated carbocycles. The highest BCUT2D eigenvalue weighted by molar-refractivity contribution is 7.18. The van der Waals surface area contributed by atoms with Crippen molar-refractivity contribution in [2.24, 2.45) is 5.41 Å². The Bertz CT molecular complexity index is 551. The number of aromatic nitrogens is 2. The fourth-order valence-electron chi connectivity index (χ4n) is 1.93. The van der Waals surface area contributed by atoms with Crippen molar-refractivity contribution in [2.75, 3.05) is 18.5 Å². The molecule has 0 aliphatic carbocycles. The van der Waals surface area contributed by atoms with Crippen LogP contribution >= 0.6 is 11.3 Å². The lowest BCUT2D eigenvalue weighted by atomic mass is 9.90. The number of nitrogens with one attached hydrogen (secondary N) is 1. The smallest absolute Gasteiger partial charge is 0.138 e. The Kier molecular flexibility index (Phi) is 4.37. The van der Waals surface area contributed by atoms with E-state index in [4.69, 9.17) is 5.11 Å². The molecule has 104 valence electrons. The summed E-state index contributed by atoms with van der Waals surface area (Å²) in [6.45, 7) is 7.43. The van der Waals surface area contributed by atoms with Gasteiger partial charge in [-0.25, -0.2) is 9.97 Å². The van der Waals surface area contributed by atoms with E-state index in [1.807, 2.05) is 0 Å². The molecule has 2 heterocycles. The first-order valence-electron chi connectivity index (χ1n) is 6.64. The van der Waals surface area contributed by atoms with E-state index in [2.05, 4.69) is 42.1 Å². The molecule has 2 aromatic heterocycles. The van der Waals surface area contributed by atoms with E-state index in [0.29, 0.717) is 0 Å². The summed E-state index contributed by atoms with van der Waals surface area (Å²) in [6.07, 6.45) is 3.41. The normalized spacial score (nSPS) is 12.0. The van der Waals surface area contributed by atoms with Gasteiger partial charge in [-0.1, -0.05) is 20.8 Å². The number of aliphatic hydroxyl groups is 1. The van der Waals surface area contributed by atoms with Gasteiger partial charge in [0, 0.05) is 18.0 Å². The average molecular weight is 279 g/mol. The number of fused-ring (bicyclic) bond motifs is 1. The fourth-order valence-corrected chi connectivity index (χ4v) is 2.87. The van der Waals surface area contributed by atoms with E-state index in [1.54, 1.807) is 17.7 Å². The van der Waals surface area contributed by atoms with E-state index < -0.39 is 0 Å². The molecule has 2 N–H and O–H groups in total. The van der Waals surface area contributed by atoms with E-state index in [9.17, 15) is 0 Å². The molecule has 0 bridgehead atoms. The van der Waals surface area contributed by atoms with Crippen molar-refractivity contribution in [3.63, 3.8) is 0 Å². The molecule has 0 unspecified atom stereocenters. The van der Waals surface area contributed by atoms with Gasteiger partial charge in [0.25, 0.3) is 0 Å². The van der Waals surface area contributed by atoms with Crippen LogP contribution in [0.3, 0.4) is 0 Å². The molecule has 0 saturated heterocycles. The monoisotopic (exact) mass is 279 g/mol. The average Bonchev–Trinajstić information content (AvgIpc) is 2.79. The Morgan fingerprint density at radius 3 is 2.84 bits per heavy atom. The van der Waals surface area contributed by atoms with E-state index in [1.165, 1.54) is 4.88 Å². The lowest BCUT2D eigenvalue weighted by molar-refractivity contribution is 0.220. The summed E-state index contributed by atoms with van der Waals surface area (Å²) in [6, 6.07) is 2.17. The van der Waals surface area contributed by atoms with Crippen molar-refractivity contribution in [3.05, 3.63) is 17.3 Å². The number of anilines is 1. The van der Waals surface area contributed by atoms with Crippen LogP contribution in [0, 0.1) is 5.41 Å². The molecule has 0 fully saturated rings. The summed E-state index contributed by atoms with van der Waals surface area (Å²) in [5.41, 5.74) is 0.0512. The zero-order valence-corrected chi connectivity index (χ0v) is 12.5. The lowest BCUT2D eigenvalue weighted by Gasteiger charge is -2.24. The summed E-state index contributed by atoms with van der Waals surface area (Å²) >= 11 is 1.72. The SMILES string of the molecule is CCc1cc2c(NCC(C)(C)CCO)ncnc2s1. The van der Waals surface area contributed by atoms with E-state index in [-0.39, 0.29) is 12.0 Å². The zero-order valence-electron chi connectivity index (χ0n) is 11.7. The van der Waals surface area contributed by atoms with Gasteiger partial charge in [0.2, 0.25) is 0 Å². The molecule has 0 atom stereocenters. The van der Waals surface area contributed by atoms with Crippen LogP contribution in [0.25, 0.3) is 10.2 Å². The maximum absolute atomic E-state index is 9.05. The quantitative estimate of drug-likeness (QED) is 0.853. The number of rotatable bonds is 6. The highest BCUT2D eigenvalue weighted by Gasteiger charge is 2.18. The van der Waals surface area contributed by atoms with Crippen LogP contribution in [0.4, 0.5) is 5.82 Å². The third-order valence-electron chi connectivity index (χ3n) is 3.25. The molecule has 2 rings (SSSR count). The number of aryl methyl sites for hydroxylation is 1. The molecule has 0 amide bonds. The number of hydrogen-bond acceptors (Lipinski definition) is 5. The standard InChI is InChI=1S/C14H21N3OS/c1-4-10-7-11-12(16-9-17-13(11)19-10)15-8-14(2,3)5-6-18/h7,9,18H,4-6,8H2,1-3H3,(H,15,16,17). The molecule has 4 nitrogen and oxygen atoms in total. The predicted octanol–water partition coefficient (Wildman–Crippen LogP) is 3.07. The van der Waals surface area contributed by atoms with Crippen molar-refractivity contribution in [1.82, 2.24) is 9.97 Å². The first-order valence-corrected chi connectivity index (χ1v) is 7.45. The molecule has 0 spiro atoms. The molecule has 19 heavy (non-hydrogen) atoms. The van der Waals surface area contributed by atoms with Crippen LogP contribution in [0.2, 0.25) is 0 Å². The largest absolute Gasteiger partial charge is 0.396 e. The van der Waals surface area contributed by atoms with E-state index >= 15 is 0 Å². The first kappa shape index (κ1) is 14.2. The molecule has 2 aromatic rings. The van der Waals surface area contributed by atoms with Gasteiger partial charge >= 0.3 is 0 Å². The molecule has 0 aliphatic heterocycles. The van der Waals surface area contributed by atoms with Gasteiger partial charge in [-0.15, -0.1) is 11.3 Å². The minimum Gasteiger partial charge on any atom is -0.396 e. The maximum atomic E-state index is 9.05. The van der Waals surface area contributed by atoms with Crippen LogP contribution in [0.15, 0.2) is 12.4 Å². The molecular weight excluding hydrogens is 258 g/mol. The minimum atomic E-state index is 0.0512. The van der Waals surface area contributed by atoms with E-state index in [0.717, 1.165) is 35.4 Å². The summed E-state index contributed by atoms with van der Waals surface area (Å²) in [5.74, 6) is 0.895. The molecular formula is C14H21N3OS. The van der Waals surface area contributed by atoms with Gasteiger partial charge < -0.3 is 10.4 Å². The topological polar surface area (TPSA) is 58.0 Å². The van der Waals surface area contributed by atoms with Crippen molar-refractivity contribution < 1.29 is 5.11 Å². The first-order chi connectivity index (χ1) is 9.05. The van der Waals surface area contributed by atoms with Gasteiger partial charge in [-0.3, -0.25) is 0 Å². The van der Waals surface area contributed by atoms with Gasteiger partial charge in [0.1, 0.15) is 17.0 Å². The van der Waals surface area contributed by atoms with Crippen LogP contribution in [-0.2, 0) is 6.42 Å². The second kappa shape index (κ2) is 5.84. The number of thiophene rings is 1. The summed E-state index contributed by atoms with van der Waals surface area (Å²) in [4.78, 5) is 11.0. The maximum Gasteiger partial charge on any atom is 0.138 e. The fraction of sp³-hybridized carbons (Fsp3) is 0.571. The molecule has 5 heteroatoms. The van der Waals surface area contributed by atoms with Gasteiger partial charge in [-0.2, -0.15) is 0 Å². The van der Waals surface area contributed by atoms with Crippen molar-refractivity contribution >= 4 is 27.4 Å². The Labute approximate surface area is 117 Å². The van der Waals surface area contributed by atoms with Crippen LogP contribution in [-0.4, -0.2) is 28.2 Å².